The molecule has 3 heteroatoms. The lowest BCUT2D eigenvalue weighted by atomic mass is 10.1. The van der Waals surface area contributed by atoms with Crippen LogP contribution in [0, 0.1) is 5.92 Å². The molecule has 1 unspecified atom stereocenters. The molecule has 0 aliphatic rings. The van der Waals surface area contributed by atoms with Gasteiger partial charge in [0, 0.05) is 5.88 Å². The zero-order valence-corrected chi connectivity index (χ0v) is 11.2. The van der Waals surface area contributed by atoms with Gasteiger partial charge in [-0.25, -0.2) is 0 Å². The van der Waals surface area contributed by atoms with Crippen LogP contribution < -0.4 is 4.74 Å². The van der Waals surface area contributed by atoms with Gasteiger partial charge in [0.2, 0.25) is 0 Å². The Morgan fingerprint density at radius 3 is 2.71 bits per heavy atom. The summed E-state index contributed by atoms with van der Waals surface area (Å²) in [7, 11) is 0. The van der Waals surface area contributed by atoms with Crippen molar-refractivity contribution in [1.29, 1.82) is 0 Å². The highest BCUT2D eigenvalue weighted by atomic mass is 35.5. The summed E-state index contributed by atoms with van der Waals surface area (Å²) in [6.45, 7) is 4.34. The number of carbonyl (C=O) groups is 1. The van der Waals surface area contributed by atoms with E-state index in [4.69, 9.17) is 16.3 Å². The quantitative estimate of drug-likeness (QED) is 0.545. The fourth-order valence-corrected chi connectivity index (χ4v) is 1.96. The number of hydrogen-bond acceptors (Lipinski definition) is 2. The van der Waals surface area contributed by atoms with E-state index in [1.54, 1.807) is 13.0 Å². The number of rotatable bonds is 7. The average molecular weight is 255 g/mol. The highest BCUT2D eigenvalue weighted by Crippen LogP contribution is 2.19. The first-order valence-electron chi connectivity index (χ1n) is 5.94. The lowest BCUT2D eigenvalue weighted by Gasteiger charge is -2.12. The average Bonchev–Trinajstić information content (AvgIpc) is 2.30. The summed E-state index contributed by atoms with van der Waals surface area (Å²) in [5.41, 5.74) is 0.650. The normalized spacial score (nSPS) is 12.2. The zero-order valence-electron chi connectivity index (χ0n) is 10.4. The molecule has 1 atom stereocenters. The predicted molar refractivity (Wildman–Crippen MR) is 71.1 cm³/mol. The van der Waals surface area contributed by atoms with E-state index in [0.29, 0.717) is 29.7 Å². The van der Waals surface area contributed by atoms with Crippen molar-refractivity contribution in [2.45, 2.75) is 26.7 Å². The lowest BCUT2D eigenvalue weighted by molar-refractivity contribution is 0.101. The molecule has 17 heavy (non-hydrogen) atoms. The third-order valence-corrected chi connectivity index (χ3v) is 2.95. The topological polar surface area (TPSA) is 26.3 Å². The molecule has 0 N–H and O–H groups in total. The van der Waals surface area contributed by atoms with Crippen LogP contribution in [0.1, 0.15) is 37.0 Å². The molecule has 0 heterocycles. The van der Waals surface area contributed by atoms with Crippen LogP contribution in [0.2, 0.25) is 0 Å². The lowest BCUT2D eigenvalue weighted by Crippen LogP contribution is -2.07. The molecule has 1 aromatic rings. The van der Waals surface area contributed by atoms with Crippen molar-refractivity contribution in [3.05, 3.63) is 29.8 Å². The minimum atomic E-state index is 0.0365. The van der Waals surface area contributed by atoms with Gasteiger partial charge in [0.1, 0.15) is 5.75 Å². The molecule has 0 saturated carbocycles. The number of halogens is 1. The van der Waals surface area contributed by atoms with E-state index in [1.165, 1.54) is 0 Å². The summed E-state index contributed by atoms with van der Waals surface area (Å²) in [5, 5.41) is 0. The first kappa shape index (κ1) is 14.0. The molecule has 0 aliphatic heterocycles. The van der Waals surface area contributed by atoms with Gasteiger partial charge in [-0.15, -0.1) is 11.6 Å². The molecule has 0 spiro atoms. The Morgan fingerprint density at radius 1 is 1.35 bits per heavy atom. The first-order chi connectivity index (χ1) is 8.15. The van der Waals surface area contributed by atoms with Crippen LogP contribution in [0.25, 0.3) is 0 Å². The van der Waals surface area contributed by atoms with Crippen LogP contribution in [-0.4, -0.2) is 18.3 Å². The van der Waals surface area contributed by atoms with Crippen LogP contribution in [-0.2, 0) is 0 Å². The van der Waals surface area contributed by atoms with Crippen molar-refractivity contribution in [2.75, 3.05) is 12.5 Å². The Hall–Kier alpha value is -1.02. The summed E-state index contributed by atoms with van der Waals surface area (Å²) >= 11 is 5.67. The molecule has 0 radical (unpaired) electrons. The van der Waals surface area contributed by atoms with Crippen molar-refractivity contribution in [1.82, 2.24) is 0 Å². The SMILES string of the molecule is CC(=O)c1ccccc1OCCC(C)CCCl. The molecule has 0 amide bonds. The van der Waals surface area contributed by atoms with E-state index >= 15 is 0 Å². The number of Topliss-reactive ketones (excluding diaryl/α,β-unsaturated/α-hetero) is 1. The van der Waals surface area contributed by atoms with E-state index in [9.17, 15) is 4.79 Å². The summed E-state index contributed by atoms with van der Waals surface area (Å²) in [4.78, 5) is 11.4. The molecule has 0 bridgehead atoms. The van der Waals surface area contributed by atoms with Gasteiger partial charge in [-0.2, -0.15) is 0 Å². The maximum absolute atomic E-state index is 11.4. The Bertz CT molecular complexity index is 363. The highest BCUT2D eigenvalue weighted by molar-refractivity contribution is 6.17. The number of benzene rings is 1. The molecule has 0 saturated heterocycles. The standard InChI is InChI=1S/C14H19ClO2/c1-11(7-9-15)8-10-17-14-6-4-3-5-13(14)12(2)16/h3-6,11H,7-10H2,1-2H3. The van der Waals surface area contributed by atoms with Gasteiger partial charge in [0.25, 0.3) is 0 Å². The molecule has 94 valence electrons. The number of para-hydroxylation sites is 1. The van der Waals surface area contributed by atoms with Crippen LogP contribution in [0.5, 0.6) is 5.75 Å². The minimum Gasteiger partial charge on any atom is -0.493 e. The summed E-state index contributed by atoms with van der Waals surface area (Å²) in [6, 6.07) is 7.35. The monoisotopic (exact) mass is 254 g/mol. The van der Waals surface area contributed by atoms with Crippen molar-refractivity contribution in [3.8, 4) is 5.75 Å². The second kappa shape index (κ2) is 7.33. The molecule has 1 aromatic carbocycles. The second-order valence-corrected chi connectivity index (χ2v) is 4.65. The third kappa shape index (κ3) is 4.78. The van der Waals surface area contributed by atoms with Gasteiger partial charge in [0.15, 0.2) is 5.78 Å². The number of alkyl halides is 1. The predicted octanol–water partition coefficient (Wildman–Crippen LogP) is 3.92. The Morgan fingerprint density at radius 2 is 2.06 bits per heavy atom. The molecule has 0 aromatic heterocycles. The van der Waals surface area contributed by atoms with Gasteiger partial charge < -0.3 is 4.74 Å². The number of ketones is 1. The molecule has 2 nitrogen and oxygen atoms in total. The van der Waals surface area contributed by atoms with Crippen LogP contribution >= 0.6 is 11.6 Å². The Labute approximate surface area is 108 Å². The zero-order chi connectivity index (χ0) is 12.7. The van der Waals surface area contributed by atoms with Crippen LogP contribution in [0.3, 0.4) is 0 Å². The molecular formula is C14H19ClO2. The highest BCUT2D eigenvalue weighted by Gasteiger charge is 2.08. The van der Waals surface area contributed by atoms with E-state index in [2.05, 4.69) is 6.92 Å². The van der Waals surface area contributed by atoms with Crippen molar-refractivity contribution in [3.63, 3.8) is 0 Å². The summed E-state index contributed by atoms with van der Waals surface area (Å²) in [5.74, 6) is 1.95. The molecule has 0 aliphatic carbocycles. The van der Waals surface area contributed by atoms with E-state index in [-0.39, 0.29) is 5.78 Å². The first-order valence-corrected chi connectivity index (χ1v) is 6.47. The Balaban J connectivity index is 2.49. The van der Waals surface area contributed by atoms with Gasteiger partial charge in [-0.1, -0.05) is 19.1 Å². The number of ether oxygens (including phenoxy) is 1. The summed E-state index contributed by atoms with van der Waals surface area (Å²) < 4.78 is 5.65. The van der Waals surface area contributed by atoms with Gasteiger partial charge in [-0.05, 0) is 37.8 Å². The van der Waals surface area contributed by atoms with Crippen molar-refractivity contribution >= 4 is 17.4 Å². The summed E-state index contributed by atoms with van der Waals surface area (Å²) in [6.07, 6.45) is 1.96. The van der Waals surface area contributed by atoms with Crippen LogP contribution in [0.15, 0.2) is 24.3 Å². The largest absolute Gasteiger partial charge is 0.493 e. The van der Waals surface area contributed by atoms with Crippen molar-refractivity contribution < 1.29 is 9.53 Å². The number of carbonyl (C=O) groups excluding carboxylic acids is 1. The molecular weight excluding hydrogens is 236 g/mol. The number of hydrogen-bond donors (Lipinski definition) is 0. The van der Waals surface area contributed by atoms with Crippen LogP contribution in [0.4, 0.5) is 0 Å². The third-order valence-electron chi connectivity index (χ3n) is 2.74. The second-order valence-electron chi connectivity index (χ2n) is 4.27. The minimum absolute atomic E-state index is 0.0365. The fourth-order valence-electron chi connectivity index (χ4n) is 1.58. The Kier molecular flexibility index (Phi) is 6.06. The van der Waals surface area contributed by atoms with Gasteiger partial charge in [-0.3, -0.25) is 4.79 Å². The maximum atomic E-state index is 11.4. The van der Waals surface area contributed by atoms with E-state index in [1.807, 2.05) is 18.2 Å². The smallest absolute Gasteiger partial charge is 0.163 e. The molecule has 0 fully saturated rings. The maximum Gasteiger partial charge on any atom is 0.163 e. The fraction of sp³-hybridized carbons (Fsp3) is 0.500. The van der Waals surface area contributed by atoms with Gasteiger partial charge >= 0.3 is 0 Å². The van der Waals surface area contributed by atoms with Gasteiger partial charge in [0.05, 0.1) is 12.2 Å². The van der Waals surface area contributed by atoms with E-state index < -0.39 is 0 Å². The van der Waals surface area contributed by atoms with E-state index in [0.717, 1.165) is 12.8 Å². The van der Waals surface area contributed by atoms with Crippen molar-refractivity contribution in [2.24, 2.45) is 5.92 Å². The molecule has 1 rings (SSSR count).